The average Bonchev–Trinajstić information content (AvgIpc) is 2.69. The van der Waals surface area contributed by atoms with Gasteiger partial charge in [-0.1, -0.05) is 0 Å². The molecule has 3 nitrogen and oxygen atoms in total. The average molecular weight is 268 g/mol. The molecular weight excluding hydrogens is 257 g/mol. The summed E-state index contributed by atoms with van der Waals surface area (Å²) in [7, 11) is 0. The SMILES string of the molecule is O=c1[nH]c([C@@H]2CCC(F)(F)C2)nc2cc(F)ccc12. The summed E-state index contributed by atoms with van der Waals surface area (Å²) >= 11 is 0. The minimum atomic E-state index is -2.71. The summed E-state index contributed by atoms with van der Waals surface area (Å²) < 4.78 is 39.5. The summed E-state index contributed by atoms with van der Waals surface area (Å²) in [6.07, 6.45) is -0.254. The van der Waals surface area contributed by atoms with E-state index in [1.807, 2.05) is 0 Å². The highest BCUT2D eigenvalue weighted by Crippen LogP contribution is 2.43. The molecule has 0 unspecified atom stereocenters. The lowest BCUT2D eigenvalue weighted by Gasteiger charge is -2.10. The molecular formula is C13H11F3N2O. The molecule has 1 aromatic carbocycles. The van der Waals surface area contributed by atoms with Gasteiger partial charge in [-0.25, -0.2) is 18.2 Å². The number of halogens is 3. The smallest absolute Gasteiger partial charge is 0.258 e. The number of benzene rings is 1. The third kappa shape index (κ3) is 2.22. The molecule has 6 heteroatoms. The number of aromatic nitrogens is 2. The lowest BCUT2D eigenvalue weighted by Crippen LogP contribution is -2.15. The molecule has 0 aliphatic heterocycles. The molecule has 1 aromatic heterocycles. The summed E-state index contributed by atoms with van der Waals surface area (Å²) in [6, 6.07) is 3.65. The lowest BCUT2D eigenvalue weighted by molar-refractivity contribution is 0.00754. The number of alkyl halides is 2. The van der Waals surface area contributed by atoms with Gasteiger partial charge in [0.15, 0.2) is 0 Å². The second-order valence-electron chi connectivity index (χ2n) is 4.91. The number of nitrogens with one attached hydrogen (secondary N) is 1. The van der Waals surface area contributed by atoms with E-state index in [9.17, 15) is 18.0 Å². The minimum Gasteiger partial charge on any atom is -0.310 e. The summed E-state index contributed by atoms with van der Waals surface area (Å²) in [5.74, 6) is -3.47. The molecule has 1 N–H and O–H groups in total. The molecule has 1 saturated carbocycles. The number of nitrogens with zero attached hydrogens (tertiary/aromatic N) is 1. The van der Waals surface area contributed by atoms with Crippen LogP contribution in [0.4, 0.5) is 13.2 Å². The largest absolute Gasteiger partial charge is 0.310 e. The Balaban J connectivity index is 2.08. The monoisotopic (exact) mass is 268 g/mol. The lowest BCUT2D eigenvalue weighted by atomic mass is 10.1. The third-order valence-corrected chi connectivity index (χ3v) is 3.48. The fourth-order valence-corrected chi connectivity index (χ4v) is 2.51. The van der Waals surface area contributed by atoms with E-state index in [4.69, 9.17) is 0 Å². The van der Waals surface area contributed by atoms with Crippen LogP contribution in [0, 0.1) is 5.82 Å². The van der Waals surface area contributed by atoms with Gasteiger partial charge in [0.25, 0.3) is 5.56 Å². The Morgan fingerprint density at radius 3 is 2.84 bits per heavy atom. The van der Waals surface area contributed by atoms with Gasteiger partial charge < -0.3 is 4.98 Å². The van der Waals surface area contributed by atoms with Crippen LogP contribution in [0.15, 0.2) is 23.0 Å². The Bertz CT molecular complexity index is 696. The van der Waals surface area contributed by atoms with Gasteiger partial charge in [-0.15, -0.1) is 0 Å². The van der Waals surface area contributed by atoms with E-state index in [1.54, 1.807) is 0 Å². The van der Waals surface area contributed by atoms with Gasteiger partial charge in [-0.05, 0) is 18.6 Å². The Hall–Kier alpha value is -1.85. The molecule has 1 fully saturated rings. The van der Waals surface area contributed by atoms with Gasteiger partial charge >= 0.3 is 0 Å². The quantitative estimate of drug-likeness (QED) is 0.864. The van der Waals surface area contributed by atoms with Crippen molar-refractivity contribution in [1.29, 1.82) is 0 Å². The van der Waals surface area contributed by atoms with E-state index in [2.05, 4.69) is 9.97 Å². The summed E-state index contributed by atoms with van der Waals surface area (Å²) in [5.41, 5.74) is -0.218. The maximum atomic E-state index is 13.2. The zero-order valence-electron chi connectivity index (χ0n) is 9.92. The van der Waals surface area contributed by atoms with Crippen molar-refractivity contribution in [2.24, 2.45) is 0 Å². The number of hydrogen-bond donors (Lipinski definition) is 1. The van der Waals surface area contributed by atoms with Crippen LogP contribution in [0.2, 0.25) is 0 Å². The maximum absolute atomic E-state index is 13.2. The van der Waals surface area contributed by atoms with E-state index in [0.717, 1.165) is 6.07 Å². The fourth-order valence-electron chi connectivity index (χ4n) is 2.51. The van der Waals surface area contributed by atoms with Crippen LogP contribution in [-0.2, 0) is 0 Å². The molecule has 0 saturated heterocycles. The van der Waals surface area contributed by atoms with Crippen molar-refractivity contribution in [2.45, 2.75) is 31.1 Å². The molecule has 0 bridgehead atoms. The van der Waals surface area contributed by atoms with Crippen molar-refractivity contribution in [3.05, 3.63) is 40.2 Å². The first kappa shape index (κ1) is 12.2. The number of fused-ring (bicyclic) bond motifs is 1. The van der Waals surface area contributed by atoms with Gasteiger partial charge in [0, 0.05) is 24.8 Å². The molecule has 1 aliphatic carbocycles. The Kier molecular flexibility index (Phi) is 2.62. The normalized spacial score (nSPS) is 21.9. The molecule has 1 heterocycles. The summed E-state index contributed by atoms with van der Waals surface area (Å²) in [4.78, 5) is 18.5. The van der Waals surface area contributed by atoms with E-state index in [1.165, 1.54) is 12.1 Å². The third-order valence-electron chi connectivity index (χ3n) is 3.48. The van der Waals surface area contributed by atoms with E-state index >= 15 is 0 Å². The van der Waals surface area contributed by atoms with Crippen LogP contribution >= 0.6 is 0 Å². The number of aromatic amines is 1. The highest BCUT2D eigenvalue weighted by atomic mass is 19.3. The van der Waals surface area contributed by atoms with Gasteiger partial charge in [0.2, 0.25) is 5.92 Å². The second kappa shape index (κ2) is 4.08. The standard InChI is InChI=1S/C13H11F3N2O/c14-8-1-2-9-10(5-8)17-11(18-12(9)19)7-3-4-13(15,16)6-7/h1-2,5,7H,3-4,6H2,(H,17,18,19)/t7-/m1/s1. The highest BCUT2D eigenvalue weighted by Gasteiger charge is 2.41. The van der Waals surface area contributed by atoms with Crippen molar-refractivity contribution in [3.63, 3.8) is 0 Å². The number of rotatable bonds is 1. The summed E-state index contributed by atoms with van der Waals surface area (Å²) in [5, 5.41) is 0.259. The van der Waals surface area contributed by atoms with Crippen LogP contribution in [-0.4, -0.2) is 15.9 Å². The molecule has 3 rings (SSSR count). The molecule has 1 atom stereocenters. The van der Waals surface area contributed by atoms with Gasteiger partial charge in [-0.3, -0.25) is 4.79 Å². The number of hydrogen-bond acceptors (Lipinski definition) is 2. The van der Waals surface area contributed by atoms with Crippen molar-refractivity contribution in [2.75, 3.05) is 0 Å². The van der Waals surface area contributed by atoms with E-state index in [0.29, 0.717) is 0 Å². The maximum Gasteiger partial charge on any atom is 0.258 e. The predicted molar refractivity (Wildman–Crippen MR) is 63.9 cm³/mol. The Morgan fingerprint density at radius 2 is 2.16 bits per heavy atom. The zero-order valence-corrected chi connectivity index (χ0v) is 9.92. The first-order chi connectivity index (χ1) is 8.94. The second-order valence-corrected chi connectivity index (χ2v) is 4.91. The van der Waals surface area contributed by atoms with Crippen LogP contribution in [0.5, 0.6) is 0 Å². The van der Waals surface area contributed by atoms with Crippen molar-refractivity contribution >= 4 is 10.9 Å². The zero-order chi connectivity index (χ0) is 13.6. The highest BCUT2D eigenvalue weighted by molar-refractivity contribution is 5.77. The summed E-state index contributed by atoms with van der Waals surface area (Å²) in [6.45, 7) is 0. The van der Waals surface area contributed by atoms with Crippen LogP contribution in [0.3, 0.4) is 0 Å². The van der Waals surface area contributed by atoms with Crippen molar-refractivity contribution in [1.82, 2.24) is 9.97 Å². The fraction of sp³-hybridized carbons (Fsp3) is 0.385. The van der Waals surface area contributed by atoms with Gasteiger partial charge in [0.05, 0.1) is 10.9 Å². The van der Waals surface area contributed by atoms with Crippen LogP contribution in [0.1, 0.15) is 31.0 Å². The topological polar surface area (TPSA) is 45.8 Å². The van der Waals surface area contributed by atoms with Crippen molar-refractivity contribution in [3.8, 4) is 0 Å². The minimum absolute atomic E-state index is 0.203. The van der Waals surface area contributed by atoms with Crippen molar-refractivity contribution < 1.29 is 13.2 Å². The Labute approximate surface area is 106 Å². The molecule has 1 aliphatic rings. The first-order valence-corrected chi connectivity index (χ1v) is 6.02. The molecule has 0 spiro atoms. The van der Waals surface area contributed by atoms with Gasteiger partial charge in [0.1, 0.15) is 11.6 Å². The first-order valence-electron chi connectivity index (χ1n) is 6.02. The van der Waals surface area contributed by atoms with Crippen LogP contribution < -0.4 is 5.56 Å². The Morgan fingerprint density at radius 1 is 1.37 bits per heavy atom. The van der Waals surface area contributed by atoms with Crippen LogP contribution in [0.25, 0.3) is 10.9 Å². The number of H-pyrrole nitrogens is 1. The molecule has 19 heavy (non-hydrogen) atoms. The molecule has 2 aromatic rings. The molecule has 0 amide bonds. The van der Waals surface area contributed by atoms with E-state index < -0.39 is 23.2 Å². The van der Waals surface area contributed by atoms with Gasteiger partial charge in [-0.2, -0.15) is 0 Å². The van der Waals surface area contributed by atoms with E-state index in [-0.39, 0.29) is 36.0 Å². The molecule has 100 valence electrons. The predicted octanol–water partition coefficient (Wildman–Crippen LogP) is 2.97. The molecule has 0 radical (unpaired) electrons.